The number of fused-ring (bicyclic) bond motifs is 1. The van der Waals surface area contributed by atoms with Gasteiger partial charge in [-0.2, -0.15) is 0 Å². The normalized spacial score (nSPS) is 10.8. The summed E-state index contributed by atoms with van der Waals surface area (Å²) < 4.78 is 15.0. The minimum absolute atomic E-state index is 0.304. The van der Waals surface area contributed by atoms with Crippen molar-refractivity contribution in [3.63, 3.8) is 0 Å². The summed E-state index contributed by atoms with van der Waals surface area (Å²) in [5.41, 5.74) is 0.708. The van der Waals surface area contributed by atoms with Crippen molar-refractivity contribution in [2.75, 3.05) is 11.9 Å². The zero-order valence-electron chi connectivity index (χ0n) is 9.99. The SMILES string of the molecule is Fc1ccc2ncnc(NCCn3ccnn3)c2c1. The maximum Gasteiger partial charge on any atom is 0.137 e. The zero-order chi connectivity index (χ0) is 13.1. The van der Waals surface area contributed by atoms with Gasteiger partial charge < -0.3 is 5.32 Å². The van der Waals surface area contributed by atoms with E-state index >= 15 is 0 Å². The highest BCUT2D eigenvalue weighted by atomic mass is 19.1. The van der Waals surface area contributed by atoms with Crippen LogP contribution in [0.5, 0.6) is 0 Å². The Morgan fingerprint density at radius 2 is 2.21 bits per heavy atom. The molecule has 0 saturated carbocycles. The third-order valence-corrected chi connectivity index (χ3v) is 2.70. The molecule has 0 aliphatic rings. The lowest BCUT2D eigenvalue weighted by Crippen LogP contribution is -2.12. The lowest BCUT2D eigenvalue weighted by Gasteiger charge is -2.08. The first kappa shape index (κ1) is 11.5. The van der Waals surface area contributed by atoms with Crippen molar-refractivity contribution in [2.24, 2.45) is 0 Å². The highest BCUT2D eigenvalue weighted by Gasteiger charge is 2.04. The molecule has 0 unspecified atom stereocenters. The number of anilines is 1. The van der Waals surface area contributed by atoms with Gasteiger partial charge in [-0.1, -0.05) is 5.21 Å². The summed E-state index contributed by atoms with van der Waals surface area (Å²) in [6.45, 7) is 1.27. The van der Waals surface area contributed by atoms with E-state index in [4.69, 9.17) is 0 Å². The van der Waals surface area contributed by atoms with E-state index in [0.717, 1.165) is 0 Å². The molecule has 0 bridgehead atoms. The number of aromatic nitrogens is 5. The second-order valence-corrected chi connectivity index (χ2v) is 3.98. The number of rotatable bonds is 4. The number of hydrogen-bond acceptors (Lipinski definition) is 5. The van der Waals surface area contributed by atoms with Crippen LogP contribution in [0.4, 0.5) is 10.2 Å². The Morgan fingerprint density at radius 1 is 1.26 bits per heavy atom. The van der Waals surface area contributed by atoms with Crippen LogP contribution >= 0.6 is 0 Å². The standard InChI is InChI=1S/C12H11FN6/c13-9-1-2-11-10(7-9)12(16-8-15-11)14-3-5-19-6-4-17-18-19/h1-2,4,6-8H,3,5H2,(H,14,15,16). The maximum absolute atomic E-state index is 13.3. The van der Waals surface area contributed by atoms with Crippen molar-refractivity contribution in [1.82, 2.24) is 25.0 Å². The Kier molecular flexibility index (Phi) is 3.01. The van der Waals surface area contributed by atoms with Crippen molar-refractivity contribution < 1.29 is 4.39 Å². The fraction of sp³-hybridized carbons (Fsp3) is 0.167. The van der Waals surface area contributed by atoms with Gasteiger partial charge in [0, 0.05) is 18.1 Å². The second-order valence-electron chi connectivity index (χ2n) is 3.98. The van der Waals surface area contributed by atoms with Crippen LogP contribution in [-0.2, 0) is 6.54 Å². The van der Waals surface area contributed by atoms with E-state index in [1.165, 1.54) is 18.5 Å². The van der Waals surface area contributed by atoms with Crippen molar-refractivity contribution in [3.05, 3.63) is 42.7 Å². The van der Waals surface area contributed by atoms with Gasteiger partial charge in [0.25, 0.3) is 0 Å². The molecule has 0 radical (unpaired) electrons. The van der Waals surface area contributed by atoms with Gasteiger partial charge in [0.1, 0.15) is 18.0 Å². The van der Waals surface area contributed by atoms with E-state index in [1.54, 1.807) is 23.1 Å². The molecule has 2 aromatic heterocycles. The predicted octanol–water partition coefficient (Wildman–Crippen LogP) is 1.47. The van der Waals surface area contributed by atoms with Crippen LogP contribution < -0.4 is 5.32 Å². The van der Waals surface area contributed by atoms with Crippen molar-refractivity contribution in [2.45, 2.75) is 6.54 Å². The van der Waals surface area contributed by atoms with Gasteiger partial charge in [0.05, 0.1) is 18.3 Å². The average Bonchev–Trinajstić information content (AvgIpc) is 2.92. The van der Waals surface area contributed by atoms with E-state index < -0.39 is 0 Å². The summed E-state index contributed by atoms with van der Waals surface area (Å²) in [5, 5.41) is 11.4. The Bertz CT molecular complexity index is 682. The largest absolute Gasteiger partial charge is 0.368 e. The van der Waals surface area contributed by atoms with Crippen molar-refractivity contribution in [3.8, 4) is 0 Å². The molecule has 2 heterocycles. The summed E-state index contributed by atoms with van der Waals surface area (Å²) in [5.74, 6) is 0.311. The minimum atomic E-state index is -0.304. The quantitative estimate of drug-likeness (QED) is 0.767. The highest BCUT2D eigenvalue weighted by Crippen LogP contribution is 2.19. The molecule has 0 aliphatic heterocycles. The third-order valence-electron chi connectivity index (χ3n) is 2.70. The van der Waals surface area contributed by atoms with E-state index in [9.17, 15) is 4.39 Å². The van der Waals surface area contributed by atoms with Gasteiger partial charge in [-0.25, -0.2) is 14.4 Å². The molecule has 0 amide bonds. The molecule has 3 aromatic rings. The number of hydrogen-bond donors (Lipinski definition) is 1. The van der Waals surface area contributed by atoms with Gasteiger partial charge in [-0.3, -0.25) is 4.68 Å². The van der Waals surface area contributed by atoms with Crippen LogP contribution in [0.1, 0.15) is 0 Å². The molecule has 1 N–H and O–H groups in total. The van der Waals surface area contributed by atoms with E-state index in [-0.39, 0.29) is 5.82 Å². The molecule has 6 nitrogen and oxygen atoms in total. The number of benzene rings is 1. The lowest BCUT2D eigenvalue weighted by molar-refractivity contribution is 0.608. The van der Waals surface area contributed by atoms with Gasteiger partial charge in [-0.15, -0.1) is 5.10 Å². The summed E-state index contributed by atoms with van der Waals surface area (Å²) in [4.78, 5) is 8.23. The molecular formula is C12H11FN6. The van der Waals surface area contributed by atoms with Crippen LogP contribution in [0.25, 0.3) is 10.9 Å². The molecule has 19 heavy (non-hydrogen) atoms. The van der Waals surface area contributed by atoms with Crippen molar-refractivity contribution in [1.29, 1.82) is 0 Å². The number of nitrogens with zero attached hydrogens (tertiary/aromatic N) is 5. The Balaban J connectivity index is 1.78. The summed E-state index contributed by atoms with van der Waals surface area (Å²) >= 11 is 0. The highest BCUT2D eigenvalue weighted by molar-refractivity contribution is 5.88. The zero-order valence-corrected chi connectivity index (χ0v) is 9.99. The van der Waals surface area contributed by atoms with Crippen LogP contribution in [-0.4, -0.2) is 31.5 Å². The van der Waals surface area contributed by atoms with Gasteiger partial charge in [0.15, 0.2) is 0 Å². The Morgan fingerprint density at radius 3 is 3.05 bits per heavy atom. The molecule has 0 aliphatic carbocycles. The van der Waals surface area contributed by atoms with Gasteiger partial charge >= 0.3 is 0 Å². The van der Waals surface area contributed by atoms with E-state index in [0.29, 0.717) is 29.8 Å². The molecule has 96 valence electrons. The van der Waals surface area contributed by atoms with Crippen molar-refractivity contribution >= 4 is 16.7 Å². The monoisotopic (exact) mass is 258 g/mol. The lowest BCUT2D eigenvalue weighted by atomic mass is 10.2. The number of nitrogens with one attached hydrogen (secondary N) is 1. The molecule has 7 heteroatoms. The first-order valence-corrected chi connectivity index (χ1v) is 5.81. The topological polar surface area (TPSA) is 68.5 Å². The number of halogens is 1. The van der Waals surface area contributed by atoms with Gasteiger partial charge in [0.2, 0.25) is 0 Å². The predicted molar refractivity (Wildman–Crippen MR) is 68.0 cm³/mol. The molecule has 3 rings (SSSR count). The maximum atomic E-state index is 13.3. The fourth-order valence-corrected chi connectivity index (χ4v) is 1.81. The third kappa shape index (κ3) is 2.49. The first-order valence-electron chi connectivity index (χ1n) is 5.81. The Hall–Kier alpha value is -2.57. The smallest absolute Gasteiger partial charge is 0.137 e. The van der Waals surface area contributed by atoms with Crippen LogP contribution in [0.15, 0.2) is 36.9 Å². The molecule has 1 aromatic carbocycles. The average molecular weight is 258 g/mol. The first-order chi connectivity index (χ1) is 9.33. The van der Waals surface area contributed by atoms with Gasteiger partial charge in [-0.05, 0) is 18.2 Å². The molecular weight excluding hydrogens is 247 g/mol. The summed E-state index contributed by atoms with van der Waals surface area (Å²) in [7, 11) is 0. The van der Waals surface area contributed by atoms with Crippen LogP contribution in [0.2, 0.25) is 0 Å². The fourth-order valence-electron chi connectivity index (χ4n) is 1.81. The van der Waals surface area contributed by atoms with E-state index in [2.05, 4.69) is 25.6 Å². The van der Waals surface area contributed by atoms with E-state index in [1.807, 2.05) is 0 Å². The molecule has 0 atom stereocenters. The molecule has 0 spiro atoms. The molecule has 0 saturated heterocycles. The summed E-state index contributed by atoms with van der Waals surface area (Å²) in [6, 6.07) is 4.44. The second kappa shape index (κ2) is 4.97. The Labute approximate surface area is 108 Å². The minimum Gasteiger partial charge on any atom is -0.368 e. The molecule has 0 fully saturated rings. The summed E-state index contributed by atoms with van der Waals surface area (Å²) in [6.07, 6.45) is 4.85. The van der Waals surface area contributed by atoms with Crippen LogP contribution in [0.3, 0.4) is 0 Å². The van der Waals surface area contributed by atoms with Crippen LogP contribution in [0, 0.1) is 5.82 Å².